The molecular formula is C14H16N2O2. The Hall–Kier alpha value is -1.84. The fraction of sp³-hybridized carbons (Fsp3) is 0.429. The van der Waals surface area contributed by atoms with E-state index < -0.39 is 5.97 Å². The fourth-order valence-electron chi connectivity index (χ4n) is 2.75. The van der Waals surface area contributed by atoms with Gasteiger partial charge in [-0.15, -0.1) is 0 Å². The fourth-order valence-corrected chi connectivity index (χ4v) is 2.75. The van der Waals surface area contributed by atoms with Crippen LogP contribution in [0.5, 0.6) is 0 Å². The summed E-state index contributed by atoms with van der Waals surface area (Å²) in [5, 5.41) is 9.06. The molecule has 1 aliphatic carbocycles. The lowest BCUT2D eigenvalue weighted by atomic mass is 9.72. The van der Waals surface area contributed by atoms with Crippen molar-refractivity contribution in [2.75, 3.05) is 0 Å². The maximum absolute atomic E-state index is 11.0. The molecule has 1 aliphatic rings. The van der Waals surface area contributed by atoms with Crippen LogP contribution in [0, 0.1) is 11.8 Å². The van der Waals surface area contributed by atoms with Crippen LogP contribution in [0.15, 0.2) is 24.3 Å². The average molecular weight is 244 g/mol. The van der Waals surface area contributed by atoms with Crippen molar-refractivity contribution in [3.8, 4) is 0 Å². The summed E-state index contributed by atoms with van der Waals surface area (Å²) in [5.41, 5.74) is 2.10. The van der Waals surface area contributed by atoms with Gasteiger partial charge in [-0.1, -0.05) is 12.1 Å². The van der Waals surface area contributed by atoms with Crippen molar-refractivity contribution < 1.29 is 9.90 Å². The van der Waals surface area contributed by atoms with E-state index in [9.17, 15) is 4.79 Å². The zero-order chi connectivity index (χ0) is 12.7. The van der Waals surface area contributed by atoms with Crippen LogP contribution >= 0.6 is 0 Å². The number of imidazole rings is 1. The molecule has 1 heterocycles. The molecule has 2 atom stereocenters. The van der Waals surface area contributed by atoms with Gasteiger partial charge in [-0.2, -0.15) is 0 Å². The largest absolute Gasteiger partial charge is 0.481 e. The Kier molecular flexibility index (Phi) is 2.58. The van der Waals surface area contributed by atoms with Crippen LogP contribution in [0.4, 0.5) is 0 Å². The highest BCUT2D eigenvalue weighted by Gasteiger charge is 2.37. The zero-order valence-electron chi connectivity index (χ0n) is 10.3. The van der Waals surface area contributed by atoms with Gasteiger partial charge >= 0.3 is 5.97 Å². The number of hydrogen-bond acceptors (Lipinski definition) is 2. The summed E-state index contributed by atoms with van der Waals surface area (Å²) < 4.78 is 2.08. The predicted octanol–water partition coefficient (Wildman–Crippen LogP) is 2.23. The molecule has 2 unspecified atom stereocenters. The Labute approximate surface area is 105 Å². The number of nitrogens with zero attached hydrogens (tertiary/aromatic N) is 2. The normalized spacial score (nSPS) is 22.9. The Bertz CT molecular complexity index is 603. The molecule has 4 heteroatoms. The van der Waals surface area contributed by atoms with Gasteiger partial charge in [-0.05, 0) is 30.9 Å². The Morgan fingerprint density at radius 2 is 2.22 bits per heavy atom. The molecule has 0 amide bonds. The van der Waals surface area contributed by atoms with Crippen molar-refractivity contribution in [1.29, 1.82) is 0 Å². The minimum atomic E-state index is -0.662. The number of hydrogen-bond donors (Lipinski definition) is 1. The first-order valence-corrected chi connectivity index (χ1v) is 6.30. The molecule has 1 saturated carbocycles. The zero-order valence-corrected chi connectivity index (χ0v) is 10.3. The maximum atomic E-state index is 11.0. The number of carbonyl (C=O) groups is 1. The van der Waals surface area contributed by atoms with Gasteiger partial charge in [0.1, 0.15) is 5.82 Å². The summed E-state index contributed by atoms with van der Waals surface area (Å²) in [4.78, 5) is 15.6. The molecular weight excluding hydrogens is 228 g/mol. The van der Waals surface area contributed by atoms with Gasteiger partial charge in [0.05, 0.1) is 17.0 Å². The van der Waals surface area contributed by atoms with E-state index in [4.69, 9.17) is 5.11 Å². The minimum Gasteiger partial charge on any atom is -0.481 e. The smallest absolute Gasteiger partial charge is 0.306 e. The van der Waals surface area contributed by atoms with E-state index >= 15 is 0 Å². The van der Waals surface area contributed by atoms with Crippen molar-refractivity contribution >= 4 is 17.0 Å². The van der Waals surface area contributed by atoms with E-state index in [1.54, 1.807) is 0 Å². The van der Waals surface area contributed by atoms with E-state index in [2.05, 4.69) is 9.55 Å². The highest BCUT2D eigenvalue weighted by molar-refractivity contribution is 5.76. The predicted molar refractivity (Wildman–Crippen MR) is 68.3 cm³/mol. The number of aromatic nitrogens is 2. The van der Waals surface area contributed by atoms with Crippen LogP contribution in [0.1, 0.15) is 18.7 Å². The first kappa shape index (κ1) is 11.3. The number of carboxylic acids is 1. The van der Waals surface area contributed by atoms with Crippen LogP contribution in [-0.4, -0.2) is 20.6 Å². The molecule has 94 valence electrons. The number of benzene rings is 1. The Balaban J connectivity index is 1.87. The van der Waals surface area contributed by atoms with Crippen LogP contribution in [0.25, 0.3) is 11.0 Å². The van der Waals surface area contributed by atoms with Gasteiger partial charge in [0.15, 0.2) is 0 Å². The second kappa shape index (κ2) is 4.12. The summed E-state index contributed by atoms with van der Waals surface area (Å²) in [7, 11) is 2.00. The summed E-state index contributed by atoms with van der Waals surface area (Å²) >= 11 is 0. The number of para-hydroxylation sites is 2. The highest BCUT2D eigenvalue weighted by Crippen LogP contribution is 2.37. The molecule has 0 bridgehead atoms. The molecule has 1 aromatic heterocycles. The van der Waals surface area contributed by atoms with E-state index in [1.807, 2.05) is 31.3 Å². The Morgan fingerprint density at radius 1 is 1.44 bits per heavy atom. The molecule has 0 radical (unpaired) electrons. The van der Waals surface area contributed by atoms with Crippen molar-refractivity contribution in [2.24, 2.45) is 18.9 Å². The molecule has 4 nitrogen and oxygen atoms in total. The third-order valence-electron chi connectivity index (χ3n) is 4.06. The third-order valence-corrected chi connectivity index (χ3v) is 4.06. The third kappa shape index (κ3) is 1.68. The second-order valence-electron chi connectivity index (χ2n) is 5.06. The number of aliphatic carboxylic acids is 1. The maximum Gasteiger partial charge on any atom is 0.306 e. The van der Waals surface area contributed by atoms with Crippen molar-refractivity contribution in [3.05, 3.63) is 30.1 Å². The molecule has 0 spiro atoms. The van der Waals surface area contributed by atoms with Gasteiger partial charge in [-0.25, -0.2) is 4.98 Å². The van der Waals surface area contributed by atoms with Gasteiger partial charge < -0.3 is 9.67 Å². The summed E-state index contributed by atoms with van der Waals surface area (Å²) in [6.07, 6.45) is 2.58. The number of carboxylic acid groups (broad SMARTS) is 1. The lowest BCUT2D eigenvalue weighted by Gasteiger charge is -2.32. The SMILES string of the molecule is Cn1c(CC2CCC2C(=O)O)nc2ccccc21. The molecule has 2 aromatic rings. The summed E-state index contributed by atoms with van der Waals surface area (Å²) in [5.74, 6) is 0.403. The molecule has 1 fully saturated rings. The van der Waals surface area contributed by atoms with E-state index in [1.165, 1.54) is 0 Å². The topological polar surface area (TPSA) is 55.1 Å². The van der Waals surface area contributed by atoms with Crippen molar-refractivity contribution in [1.82, 2.24) is 9.55 Å². The molecule has 0 saturated heterocycles. The van der Waals surface area contributed by atoms with Crippen molar-refractivity contribution in [2.45, 2.75) is 19.3 Å². The van der Waals surface area contributed by atoms with Crippen LogP contribution in [0.3, 0.4) is 0 Å². The monoisotopic (exact) mass is 244 g/mol. The molecule has 3 rings (SSSR count). The first-order valence-electron chi connectivity index (χ1n) is 6.30. The minimum absolute atomic E-state index is 0.176. The van der Waals surface area contributed by atoms with Crippen molar-refractivity contribution in [3.63, 3.8) is 0 Å². The molecule has 0 aliphatic heterocycles. The summed E-state index contributed by atoms with van der Waals surface area (Å²) in [6, 6.07) is 8.01. The average Bonchev–Trinajstić information content (AvgIpc) is 2.62. The van der Waals surface area contributed by atoms with Gasteiger partial charge in [-0.3, -0.25) is 4.79 Å². The number of rotatable bonds is 3. The molecule has 1 N–H and O–H groups in total. The summed E-state index contributed by atoms with van der Waals surface area (Å²) in [6.45, 7) is 0. The van der Waals surface area contributed by atoms with Gasteiger partial charge in [0.25, 0.3) is 0 Å². The van der Waals surface area contributed by atoms with Crippen LogP contribution < -0.4 is 0 Å². The highest BCUT2D eigenvalue weighted by atomic mass is 16.4. The van der Waals surface area contributed by atoms with Gasteiger partial charge in [0, 0.05) is 13.5 Å². The van der Waals surface area contributed by atoms with Crippen LogP contribution in [0.2, 0.25) is 0 Å². The second-order valence-corrected chi connectivity index (χ2v) is 5.06. The Morgan fingerprint density at radius 3 is 2.83 bits per heavy atom. The lowest BCUT2D eigenvalue weighted by Crippen LogP contribution is -2.34. The van der Waals surface area contributed by atoms with E-state index in [0.717, 1.165) is 36.1 Å². The van der Waals surface area contributed by atoms with Crippen LogP contribution in [-0.2, 0) is 18.3 Å². The number of aryl methyl sites for hydroxylation is 1. The molecule has 1 aromatic carbocycles. The standard InChI is InChI=1S/C14H16N2O2/c1-16-12-5-3-2-4-11(12)15-13(16)8-9-6-7-10(9)14(17)18/h2-5,9-10H,6-8H2,1H3,(H,17,18). The van der Waals surface area contributed by atoms with E-state index in [0.29, 0.717) is 0 Å². The van der Waals surface area contributed by atoms with E-state index in [-0.39, 0.29) is 11.8 Å². The van der Waals surface area contributed by atoms with Gasteiger partial charge in [0.2, 0.25) is 0 Å². The quantitative estimate of drug-likeness (QED) is 0.900. The molecule has 18 heavy (non-hydrogen) atoms. The number of fused-ring (bicyclic) bond motifs is 1. The lowest BCUT2D eigenvalue weighted by molar-refractivity contribution is -0.147. The first-order chi connectivity index (χ1) is 8.66.